The Hall–Kier alpha value is -2.11. The van der Waals surface area contributed by atoms with Crippen LogP contribution in [0.3, 0.4) is 0 Å². The van der Waals surface area contributed by atoms with Crippen LogP contribution in [0.1, 0.15) is 19.8 Å². The fourth-order valence-electron chi connectivity index (χ4n) is 3.83. The van der Waals surface area contributed by atoms with Crippen molar-refractivity contribution in [2.24, 2.45) is 5.92 Å². The van der Waals surface area contributed by atoms with E-state index in [9.17, 15) is 8.42 Å². The third-order valence-electron chi connectivity index (χ3n) is 5.15. The Morgan fingerprint density at radius 2 is 1.93 bits per heavy atom. The third-order valence-corrected chi connectivity index (χ3v) is 7.16. The summed E-state index contributed by atoms with van der Waals surface area (Å²) < 4.78 is 26.9. The molecule has 1 fully saturated rings. The second kappa shape index (κ2) is 7.13. The highest BCUT2D eigenvalue weighted by atomic mass is 35.5. The molecule has 0 amide bonds. The minimum absolute atomic E-state index is 0.297. The lowest BCUT2D eigenvalue weighted by Gasteiger charge is -2.34. The summed E-state index contributed by atoms with van der Waals surface area (Å²) in [4.78, 5) is 5.95. The van der Waals surface area contributed by atoms with Crippen LogP contribution in [-0.2, 0) is 9.84 Å². The van der Waals surface area contributed by atoms with E-state index >= 15 is 0 Å². The van der Waals surface area contributed by atoms with Crippen molar-refractivity contribution in [3.05, 3.63) is 59.8 Å². The van der Waals surface area contributed by atoms with Crippen molar-refractivity contribution in [1.29, 1.82) is 0 Å². The zero-order chi connectivity index (χ0) is 19.0. The van der Waals surface area contributed by atoms with Gasteiger partial charge in [-0.15, -0.1) is 0 Å². The highest BCUT2D eigenvalue weighted by molar-refractivity contribution is 7.91. The van der Waals surface area contributed by atoms with Gasteiger partial charge in [-0.05, 0) is 43.0 Å². The first-order valence-electron chi connectivity index (χ1n) is 9.16. The number of H-pyrrole nitrogens is 1. The number of pyridine rings is 1. The Labute approximate surface area is 164 Å². The molecule has 27 heavy (non-hydrogen) atoms. The first kappa shape index (κ1) is 18.3. The van der Waals surface area contributed by atoms with E-state index in [4.69, 9.17) is 11.6 Å². The number of aromatic amines is 1. The summed E-state index contributed by atoms with van der Waals surface area (Å²) in [5.41, 5.74) is 1.63. The molecule has 0 spiro atoms. The number of nitrogens with one attached hydrogen (secondary N) is 1. The molecular weight excluding hydrogens is 380 g/mol. The number of sulfone groups is 1. The molecule has 1 aromatic heterocycles. The molecule has 0 saturated carbocycles. The van der Waals surface area contributed by atoms with Gasteiger partial charge >= 0.3 is 0 Å². The zero-order valence-corrected chi connectivity index (χ0v) is 16.7. The largest absolute Gasteiger partial charge is 0.369 e. The molecule has 4 rings (SSSR count). The number of nitrogens with zero attached hydrogens (tertiary/aromatic N) is 1. The maximum atomic E-state index is 13.4. The number of hydrogen-bond acceptors (Lipinski definition) is 3. The highest BCUT2D eigenvalue weighted by Crippen LogP contribution is 2.37. The van der Waals surface area contributed by atoms with Crippen molar-refractivity contribution >= 4 is 38.0 Å². The predicted octanol–water partition coefficient (Wildman–Crippen LogP) is 4.38. The van der Waals surface area contributed by atoms with Crippen molar-refractivity contribution in [2.45, 2.75) is 29.6 Å². The Kier molecular flexibility index (Phi) is 4.82. The van der Waals surface area contributed by atoms with Gasteiger partial charge in [0.2, 0.25) is 15.4 Å². The number of aromatic nitrogens is 1. The lowest BCUT2D eigenvalue weighted by molar-refractivity contribution is -0.347. The Balaban J connectivity index is 1.99. The SMILES string of the molecule is C[C@H]1CCCN(c2c(S(=O)(=O)c3ccccc3)c[nH+]c3ccc(Cl)cc23)C1. The maximum absolute atomic E-state index is 13.4. The molecule has 4 nitrogen and oxygen atoms in total. The van der Waals surface area contributed by atoms with E-state index < -0.39 is 9.84 Å². The van der Waals surface area contributed by atoms with Crippen LogP contribution in [0.4, 0.5) is 5.69 Å². The topological polar surface area (TPSA) is 51.5 Å². The number of hydrogen-bond donors (Lipinski definition) is 0. The van der Waals surface area contributed by atoms with E-state index in [2.05, 4.69) is 16.8 Å². The van der Waals surface area contributed by atoms with Crippen LogP contribution in [0.25, 0.3) is 10.9 Å². The first-order valence-corrected chi connectivity index (χ1v) is 11.0. The van der Waals surface area contributed by atoms with Gasteiger partial charge in [0, 0.05) is 24.2 Å². The van der Waals surface area contributed by atoms with Crippen LogP contribution in [0.5, 0.6) is 0 Å². The smallest absolute Gasteiger partial charge is 0.214 e. The molecular formula is C21H22ClN2O2S+. The normalized spacial score (nSPS) is 18.0. The van der Waals surface area contributed by atoms with E-state index in [0.29, 0.717) is 20.7 Å². The fraction of sp³-hybridized carbons (Fsp3) is 0.286. The quantitative estimate of drug-likeness (QED) is 0.654. The van der Waals surface area contributed by atoms with Gasteiger partial charge in [-0.1, -0.05) is 36.7 Å². The summed E-state index contributed by atoms with van der Waals surface area (Å²) in [6.07, 6.45) is 3.83. The van der Waals surface area contributed by atoms with Gasteiger partial charge in [0.25, 0.3) is 0 Å². The van der Waals surface area contributed by atoms with Crippen molar-refractivity contribution in [2.75, 3.05) is 18.0 Å². The van der Waals surface area contributed by atoms with Gasteiger partial charge in [-0.25, -0.2) is 13.4 Å². The number of rotatable bonds is 3. The molecule has 0 aliphatic carbocycles. The van der Waals surface area contributed by atoms with Gasteiger partial charge in [0.15, 0.2) is 11.1 Å². The Bertz CT molecular complexity index is 1080. The molecule has 140 valence electrons. The molecule has 1 aliphatic rings. The van der Waals surface area contributed by atoms with Gasteiger partial charge in [-0.2, -0.15) is 0 Å². The number of halogens is 1. The van der Waals surface area contributed by atoms with Gasteiger partial charge in [0.05, 0.1) is 16.0 Å². The number of fused-ring (bicyclic) bond motifs is 1. The van der Waals surface area contributed by atoms with Crippen LogP contribution < -0.4 is 9.88 Å². The summed E-state index contributed by atoms with van der Waals surface area (Å²) in [6, 6.07) is 14.2. The van der Waals surface area contributed by atoms with E-state index in [1.54, 1.807) is 30.5 Å². The summed E-state index contributed by atoms with van der Waals surface area (Å²) in [6.45, 7) is 3.89. The molecule has 1 N–H and O–H groups in total. The monoisotopic (exact) mass is 401 g/mol. The minimum Gasteiger partial charge on any atom is -0.369 e. The number of piperidine rings is 1. The second-order valence-corrected chi connectivity index (χ2v) is 9.56. The third kappa shape index (κ3) is 3.42. The molecule has 2 aromatic carbocycles. The molecule has 0 bridgehead atoms. The van der Waals surface area contributed by atoms with Crippen molar-refractivity contribution in [3.8, 4) is 0 Å². The molecule has 1 aliphatic heterocycles. The van der Waals surface area contributed by atoms with E-state index in [0.717, 1.165) is 42.5 Å². The van der Waals surface area contributed by atoms with Crippen molar-refractivity contribution < 1.29 is 13.4 Å². The van der Waals surface area contributed by atoms with Crippen LogP contribution in [-0.4, -0.2) is 21.5 Å². The van der Waals surface area contributed by atoms with E-state index in [1.165, 1.54) is 0 Å². The van der Waals surface area contributed by atoms with Crippen LogP contribution in [0, 0.1) is 5.92 Å². The molecule has 0 unspecified atom stereocenters. The molecule has 1 saturated heterocycles. The number of benzene rings is 2. The van der Waals surface area contributed by atoms with Crippen molar-refractivity contribution in [1.82, 2.24) is 0 Å². The standard InChI is InChI=1S/C21H21ClN2O2S/c1-15-6-5-11-24(14-15)21-18-12-16(22)9-10-19(18)23-13-20(21)27(25,26)17-7-3-2-4-8-17/h2-4,7-10,12-13,15H,5-6,11,14H2,1H3/p+1/t15-/m0/s1. The zero-order valence-electron chi connectivity index (χ0n) is 15.2. The lowest BCUT2D eigenvalue weighted by atomic mass is 9.99. The molecule has 0 radical (unpaired) electrons. The summed E-state index contributed by atoms with van der Waals surface area (Å²) in [5.74, 6) is 0.518. The minimum atomic E-state index is -3.66. The summed E-state index contributed by atoms with van der Waals surface area (Å²) in [5, 5.41) is 1.44. The molecule has 2 heterocycles. The average molecular weight is 402 g/mol. The predicted molar refractivity (Wildman–Crippen MR) is 108 cm³/mol. The second-order valence-electron chi connectivity index (χ2n) is 7.20. The molecule has 1 atom stereocenters. The van der Waals surface area contributed by atoms with Gasteiger partial charge in [-0.3, -0.25) is 0 Å². The highest BCUT2D eigenvalue weighted by Gasteiger charge is 2.31. The summed E-state index contributed by atoms with van der Waals surface area (Å²) >= 11 is 6.26. The molecule has 3 aromatic rings. The van der Waals surface area contributed by atoms with Crippen LogP contribution >= 0.6 is 11.6 Å². The van der Waals surface area contributed by atoms with E-state index in [1.807, 2.05) is 24.3 Å². The van der Waals surface area contributed by atoms with Crippen LogP contribution in [0.2, 0.25) is 5.02 Å². The van der Waals surface area contributed by atoms with Crippen LogP contribution in [0.15, 0.2) is 64.5 Å². The maximum Gasteiger partial charge on any atom is 0.214 e. The van der Waals surface area contributed by atoms with Gasteiger partial charge in [0.1, 0.15) is 0 Å². The number of anilines is 1. The van der Waals surface area contributed by atoms with Crippen molar-refractivity contribution in [3.63, 3.8) is 0 Å². The fourth-order valence-corrected chi connectivity index (χ4v) is 5.48. The Morgan fingerprint density at radius 3 is 2.67 bits per heavy atom. The Morgan fingerprint density at radius 1 is 1.15 bits per heavy atom. The summed E-state index contributed by atoms with van der Waals surface area (Å²) in [7, 11) is -3.66. The first-order chi connectivity index (χ1) is 13.0. The van der Waals surface area contributed by atoms with Gasteiger partial charge < -0.3 is 4.90 Å². The molecule has 6 heteroatoms. The average Bonchev–Trinajstić information content (AvgIpc) is 2.67. The van der Waals surface area contributed by atoms with E-state index in [-0.39, 0.29) is 0 Å². The lowest BCUT2D eigenvalue weighted by Crippen LogP contribution is -2.35.